The Morgan fingerprint density at radius 3 is 2.73 bits per heavy atom. The van der Waals surface area contributed by atoms with Crippen LogP contribution in [0.15, 0.2) is 24.3 Å². The van der Waals surface area contributed by atoms with Crippen LogP contribution in [0.5, 0.6) is 0 Å². The molecule has 2 nitrogen and oxygen atoms in total. The summed E-state index contributed by atoms with van der Waals surface area (Å²) in [5, 5.41) is 9.59. The number of halogens is 1. The van der Waals surface area contributed by atoms with E-state index in [9.17, 15) is 9.50 Å². The van der Waals surface area contributed by atoms with Crippen molar-refractivity contribution in [1.82, 2.24) is 0 Å². The van der Waals surface area contributed by atoms with Gasteiger partial charge in [-0.3, -0.25) is 0 Å². The molecule has 0 aliphatic carbocycles. The molecule has 1 rings (SSSR count). The zero-order valence-corrected chi connectivity index (χ0v) is 9.11. The van der Waals surface area contributed by atoms with E-state index in [0.717, 1.165) is 5.56 Å². The number of aliphatic hydroxyl groups is 1. The van der Waals surface area contributed by atoms with Crippen LogP contribution < -0.4 is 0 Å². The van der Waals surface area contributed by atoms with Crippen molar-refractivity contribution in [2.24, 2.45) is 0 Å². The van der Waals surface area contributed by atoms with Crippen LogP contribution in [0.4, 0.5) is 4.39 Å². The van der Waals surface area contributed by atoms with Crippen molar-refractivity contribution in [3.05, 3.63) is 35.6 Å². The van der Waals surface area contributed by atoms with Gasteiger partial charge in [0, 0.05) is 6.42 Å². The summed E-state index contributed by atoms with van der Waals surface area (Å²) in [5.74, 6) is -0.274. The van der Waals surface area contributed by atoms with Gasteiger partial charge >= 0.3 is 0 Å². The van der Waals surface area contributed by atoms with E-state index in [1.807, 2.05) is 13.8 Å². The SMILES string of the molecule is CC(C)OCC(O)Cc1cccc(F)c1. The highest BCUT2D eigenvalue weighted by molar-refractivity contribution is 5.16. The van der Waals surface area contributed by atoms with E-state index in [4.69, 9.17) is 4.74 Å². The predicted octanol–water partition coefficient (Wildman–Crippen LogP) is 2.15. The minimum atomic E-state index is -0.575. The van der Waals surface area contributed by atoms with Gasteiger partial charge in [-0.1, -0.05) is 12.1 Å². The van der Waals surface area contributed by atoms with Gasteiger partial charge < -0.3 is 9.84 Å². The molecule has 0 spiro atoms. The highest BCUT2D eigenvalue weighted by atomic mass is 19.1. The van der Waals surface area contributed by atoms with Crippen molar-refractivity contribution < 1.29 is 14.2 Å². The maximum absolute atomic E-state index is 12.8. The molecule has 0 aromatic heterocycles. The lowest BCUT2D eigenvalue weighted by Crippen LogP contribution is -2.20. The van der Waals surface area contributed by atoms with Gasteiger partial charge in [0.15, 0.2) is 0 Å². The van der Waals surface area contributed by atoms with Gasteiger partial charge in [-0.25, -0.2) is 4.39 Å². The maximum Gasteiger partial charge on any atom is 0.123 e. The summed E-state index contributed by atoms with van der Waals surface area (Å²) in [6.07, 6.45) is -0.0499. The molecule has 0 saturated carbocycles. The molecule has 1 aromatic rings. The standard InChI is InChI=1S/C12H17FO2/c1-9(2)15-8-12(14)7-10-4-3-5-11(13)6-10/h3-6,9,12,14H,7-8H2,1-2H3. The van der Waals surface area contributed by atoms with E-state index >= 15 is 0 Å². The lowest BCUT2D eigenvalue weighted by molar-refractivity contribution is 0.00619. The van der Waals surface area contributed by atoms with Gasteiger partial charge in [-0.2, -0.15) is 0 Å². The second-order valence-corrected chi connectivity index (χ2v) is 3.87. The van der Waals surface area contributed by atoms with Crippen LogP contribution in [-0.2, 0) is 11.2 Å². The Bertz CT molecular complexity index is 299. The number of ether oxygens (including phenoxy) is 1. The summed E-state index contributed by atoms with van der Waals surface area (Å²) in [7, 11) is 0. The van der Waals surface area contributed by atoms with Crippen molar-refractivity contribution in [3.8, 4) is 0 Å². The fraction of sp³-hybridized carbons (Fsp3) is 0.500. The Kier molecular flexibility index (Phi) is 4.72. The second-order valence-electron chi connectivity index (χ2n) is 3.87. The average Bonchev–Trinajstić information content (AvgIpc) is 2.15. The Morgan fingerprint density at radius 1 is 1.40 bits per heavy atom. The summed E-state index contributed by atoms with van der Waals surface area (Å²) in [4.78, 5) is 0. The zero-order chi connectivity index (χ0) is 11.3. The summed E-state index contributed by atoms with van der Waals surface area (Å²) in [5.41, 5.74) is 0.787. The molecule has 1 N–H and O–H groups in total. The monoisotopic (exact) mass is 212 g/mol. The number of hydrogen-bond acceptors (Lipinski definition) is 2. The molecule has 0 aliphatic heterocycles. The van der Waals surface area contributed by atoms with E-state index in [1.165, 1.54) is 12.1 Å². The van der Waals surface area contributed by atoms with Crippen molar-refractivity contribution in [3.63, 3.8) is 0 Å². The average molecular weight is 212 g/mol. The van der Waals surface area contributed by atoms with E-state index in [-0.39, 0.29) is 18.5 Å². The van der Waals surface area contributed by atoms with E-state index in [2.05, 4.69) is 0 Å². The van der Waals surface area contributed by atoms with Crippen LogP contribution >= 0.6 is 0 Å². The second kappa shape index (κ2) is 5.83. The molecule has 1 unspecified atom stereocenters. The molecule has 0 bridgehead atoms. The lowest BCUT2D eigenvalue weighted by Gasteiger charge is -2.13. The normalized spacial score (nSPS) is 13.1. The highest BCUT2D eigenvalue weighted by Crippen LogP contribution is 2.07. The Hall–Kier alpha value is -0.930. The maximum atomic E-state index is 12.8. The number of rotatable bonds is 5. The number of aliphatic hydroxyl groups excluding tert-OH is 1. The smallest absolute Gasteiger partial charge is 0.123 e. The number of benzene rings is 1. The van der Waals surface area contributed by atoms with Crippen LogP contribution in [0.25, 0.3) is 0 Å². The van der Waals surface area contributed by atoms with Crippen molar-refractivity contribution in [1.29, 1.82) is 0 Å². The van der Waals surface area contributed by atoms with Crippen molar-refractivity contribution in [2.45, 2.75) is 32.5 Å². The molecule has 0 radical (unpaired) electrons. The molecule has 0 heterocycles. The Morgan fingerprint density at radius 2 is 2.13 bits per heavy atom. The fourth-order valence-electron chi connectivity index (χ4n) is 1.30. The molecule has 0 aliphatic rings. The first-order valence-corrected chi connectivity index (χ1v) is 5.12. The minimum absolute atomic E-state index is 0.104. The third kappa shape index (κ3) is 4.91. The molecule has 0 fully saturated rings. The topological polar surface area (TPSA) is 29.5 Å². The first-order valence-electron chi connectivity index (χ1n) is 5.12. The number of hydrogen-bond donors (Lipinski definition) is 1. The first kappa shape index (κ1) is 12.1. The van der Waals surface area contributed by atoms with E-state index in [1.54, 1.807) is 12.1 Å². The van der Waals surface area contributed by atoms with Crippen molar-refractivity contribution in [2.75, 3.05) is 6.61 Å². The quantitative estimate of drug-likeness (QED) is 0.810. The molecule has 1 atom stereocenters. The van der Waals surface area contributed by atoms with Gasteiger partial charge in [0.1, 0.15) is 5.82 Å². The van der Waals surface area contributed by atoms with E-state index in [0.29, 0.717) is 6.42 Å². The molecule has 84 valence electrons. The lowest BCUT2D eigenvalue weighted by atomic mass is 10.1. The largest absolute Gasteiger partial charge is 0.390 e. The van der Waals surface area contributed by atoms with Crippen molar-refractivity contribution >= 4 is 0 Å². The first-order chi connectivity index (χ1) is 7.08. The van der Waals surface area contributed by atoms with Crippen LogP contribution in [-0.4, -0.2) is 23.9 Å². The van der Waals surface area contributed by atoms with Gasteiger partial charge in [0.05, 0.1) is 18.8 Å². The molecular weight excluding hydrogens is 195 g/mol. The van der Waals surface area contributed by atoms with Gasteiger partial charge in [0.25, 0.3) is 0 Å². The van der Waals surface area contributed by atoms with Gasteiger partial charge in [-0.05, 0) is 31.5 Å². The van der Waals surface area contributed by atoms with Gasteiger partial charge in [0.2, 0.25) is 0 Å². The minimum Gasteiger partial charge on any atom is -0.390 e. The Labute approximate surface area is 89.7 Å². The summed E-state index contributed by atoms with van der Waals surface area (Å²) in [6.45, 7) is 4.11. The fourth-order valence-corrected chi connectivity index (χ4v) is 1.30. The van der Waals surface area contributed by atoms with Gasteiger partial charge in [-0.15, -0.1) is 0 Å². The summed E-state index contributed by atoms with van der Waals surface area (Å²) in [6, 6.07) is 6.25. The molecular formula is C12H17FO2. The molecule has 1 aromatic carbocycles. The van der Waals surface area contributed by atoms with E-state index < -0.39 is 6.10 Å². The van der Waals surface area contributed by atoms with Crippen LogP contribution in [0.3, 0.4) is 0 Å². The third-order valence-electron chi connectivity index (χ3n) is 1.98. The molecule has 15 heavy (non-hydrogen) atoms. The van der Waals surface area contributed by atoms with Crippen LogP contribution in [0.2, 0.25) is 0 Å². The molecule has 0 amide bonds. The summed E-state index contributed by atoms with van der Waals surface area (Å²) >= 11 is 0. The predicted molar refractivity (Wildman–Crippen MR) is 57.2 cm³/mol. The van der Waals surface area contributed by atoms with Crippen LogP contribution in [0.1, 0.15) is 19.4 Å². The third-order valence-corrected chi connectivity index (χ3v) is 1.98. The van der Waals surface area contributed by atoms with Crippen LogP contribution in [0, 0.1) is 5.82 Å². The highest BCUT2D eigenvalue weighted by Gasteiger charge is 2.07. The summed E-state index contributed by atoms with van der Waals surface area (Å²) < 4.78 is 18.1. The molecule has 3 heteroatoms. The zero-order valence-electron chi connectivity index (χ0n) is 9.11. The Balaban J connectivity index is 2.40. The molecule has 0 saturated heterocycles.